The first-order valence-electron chi connectivity index (χ1n) is 11.2. The van der Waals surface area contributed by atoms with Crippen LogP contribution in [0.5, 0.6) is 5.75 Å². The number of aryl methyl sites for hydroxylation is 2. The number of rotatable bonds is 5. The maximum Gasteiger partial charge on any atom is 0.257 e. The lowest BCUT2D eigenvalue weighted by Crippen LogP contribution is -2.41. The molecule has 0 radical (unpaired) electrons. The average molecular weight is 425 g/mol. The molecule has 2 aromatic rings. The first-order chi connectivity index (χ1) is 14.9. The number of benzene rings is 1. The smallest absolute Gasteiger partial charge is 0.257 e. The van der Waals surface area contributed by atoms with Gasteiger partial charge in [-0.3, -0.25) is 9.59 Å². The lowest BCUT2D eigenvalue weighted by molar-refractivity contribution is -0.128. The summed E-state index contributed by atoms with van der Waals surface area (Å²) in [5, 5.41) is 0. The van der Waals surface area contributed by atoms with Gasteiger partial charge in [-0.15, -0.1) is 0 Å². The first kappa shape index (κ1) is 21.5. The molecule has 0 saturated carbocycles. The molecule has 0 spiro atoms. The molecule has 166 valence electrons. The van der Waals surface area contributed by atoms with Crippen LogP contribution in [0, 0.1) is 31.6 Å². The fraction of sp³-hybridized carbons (Fsp3) is 0.520. The number of hydrogen-bond acceptors (Lipinski definition) is 4. The van der Waals surface area contributed by atoms with E-state index < -0.39 is 0 Å². The zero-order valence-corrected chi connectivity index (χ0v) is 18.7. The normalized spacial score (nSPS) is 22.0. The highest BCUT2D eigenvalue weighted by Crippen LogP contribution is 2.36. The minimum atomic E-state index is 0.0635. The molecule has 6 heteroatoms. The summed E-state index contributed by atoms with van der Waals surface area (Å²) in [5.74, 6) is 3.73. The van der Waals surface area contributed by atoms with Gasteiger partial charge in [0.25, 0.3) is 5.91 Å². The molecule has 0 unspecified atom stereocenters. The molecule has 4 rings (SSSR count). The molecule has 1 aromatic carbocycles. The molecule has 2 fully saturated rings. The van der Waals surface area contributed by atoms with Gasteiger partial charge in [-0.05, 0) is 56.7 Å². The van der Waals surface area contributed by atoms with Crippen LogP contribution in [0.2, 0.25) is 0 Å². The number of carbonyl (C=O) groups is 2. The Labute approximate surface area is 184 Å². The van der Waals surface area contributed by atoms with E-state index in [2.05, 4.69) is 0 Å². The predicted molar refractivity (Wildman–Crippen MR) is 118 cm³/mol. The monoisotopic (exact) mass is 424 g/mol. The van der Waals surface area contributed by atoms with Crippen molar-refractivity contribution < 1.29 is 18.7 Å². The molecule has 31 heavy (non-hydrogen) atoms. The Morgan fingerprint density at radius 1 is 1.06 bits per heavy atom. The summed E-state index contributed by atoms with van der Waals surface area (Å²) in [6.45, 7) is 9.01. The summed E-state index contributed by atoms with van der Waals surface area (Å²) in [6.07, 6.45) is 1.92. The molecular formula is C25H32N2O4. The van der Waals surface area contributed by atoms with Crippen LogP contribution in [0.4, 0.5) is 0 Å². The molecule has 2 amide bonds. The van der Waals surface area contributed by atoms with Crippen molar-refractivity contribution in [1.82, 2.24) is 9.80 Å². The second-order valence-corrected chi connectivity index (χ2v) is 8.93. The van der Waals surface area contributed by atoms with Crippen LogP contribution >= 0.6 is 0 Å². The minimum absolute atomic E-state index is 0.0635. The highest BCUT2D eigenvalue weighted by atomic mass is 16.5. The van der Waals surface area contributed by atoms with Gasteiger partial charge >= 0.3 is 0 Å². The van der Waals surface area contributed by atoms with Gasteiger partial charge in [0.2, 0.25) is 5.91 Å². The van der Waals surface area contributed by atoms with Crippen molar-refractivity contribution in [3.05, 3.63) is 53.5 Å². The zero-order valence-electron chi connectivity index (χ0n) is 18.7. The van der Waals surface area contributed by atoms with E-state index in [4.69, 9.17) is 9.15 Å². The van der Waals surface area contributed by atoms with E-state index in [9.17, 15) is 9.59 Å². The number of para-hydroxylation sites is 1. The van der Waals surface area contributed by atoms with Crippen molar-refractivity contribution in [2.24, 2.45) is 17.8 Å². The molecule has 2 atom stereocenters. The highest BCUT2D eigenvalue weighted by molar-refractivity contribution is 5.95. The SMILES string of the molecule is CC(=O)N1C[C@@H](COc2ccccc2)[C@H](C2CCN(C(=O)c3cc(C)oc3C)CC2)C1. The molecule has 2 aliphatic rings. The molecule has 6 nitrogen and oxygen atoms in total. The van der Waals surface area contributed by atoms with Gasteiger partial charge in [0, 0.05) is 39.0 Å². The molecule has 0 N–H and O–H groups in total. The van der Waals surface area contributed by atoms with Crippen LogP contribution in [-0.4, -0.2) is 54.4 Å². The van der Waals surface area contributed by atoms with Crippen molar-refractivity contribution in [1.29, 1.82) is 0 Å². The number of hydrogen-bond donors (Lipinski definition) is 0. The van der Waals surface area contributed by atoms with Gasteiger partial charge in [0.1, 0.15) is 17.3 Å². The summed E-state index contributed by atoms with van der Waals surface area (Å²) < 4.78 is 11.6. The summed E-state index contributed by atoms with van der Waals surface area (Å²) in [6, 6.07) is 11.7. The summed E-state index contributed by atoms with van der Waals surface area (Å²) in [5.41, 5.74) is 0.675. The number of piperidine rings is 1. The maximum absolute atomic E-state index is 12.9. The number of ether oxygens (including phenoxy) is 1. The third kappa shape index (κ3) is 4.78. The van der Waals surface area contributed by atoms with Gasteiger partial charge in [0.05, 0.1) is 12.2 Å². The Morgan fingerprint density at radius 2 is 1.77 bits per heavy atom. The van der Waals surface area contributed by atoms with E-state index in [0.717, 1.165) is 50.5 Å². The highest BCUT2D eigenvalue weighted by Gasteiger charge is 2.40. The molecule has 2 saturated heterocycles. The largest absolute Gasteiger partial charge is 0.493 e. The topological polar surface area (TPSA) is 63.0 Å². The second-order valence-electron chi connectivity index (χ2n) is 8.93. The average Bonchev–Trinajstić information content (AvgIpc) is 3.35. The molecule has 1 aromatic heterocycles. The number of nitrogens with zero attached hydrogens (tertiary/aromatic N) is 2. The lowest BCUT2D eigenvalue weighted by atomic mass is 9.78. The standard InChI is InChI=1S/C25H32N2O4/c1-17-13-23(18(2)31-17)25(29)26-11-9-20(10-12-26)24-15-27(19(3)28)14-21(24)16-30-22-7-5-4-6-8-22/h4-8,13,20-21,24H,9-12,14-16H2,1-3H3/t21-,24-/m0/s1. The summed E-state index contributed by atoms with van der Waals surface area (Å²) >= 11 is 0. The fourth-order valence-corrected chi connectivity index (χ4v) is 5.13. The van der Waals surface area contributed by atoms with Crippen molar-refractivity contribution in [3.63, 3.8) is 0 Å². The van der Waals surface area contributed by atoms with Gasteiger partial charge in [-0.1, -0.05) is 18.2 Å². The molecule has 0 bridgehead atoms. The van der Waals surface area contributed by atoms with E-state index in [1.807, 2.05) is 60.0 Å². The molecular weight excluding hydrogens is 392 g/mol. The minimum Gasteiger partial charge on any atom is -0.493 e. The Hall–Kier alpha value is -2.76. The van der Waals surface area contributed by atoms with Crippen molar-refractivity contribution in [3.8, 4) is 5.75 Å². The van der Waals surface area contributed by atoms with E-state index >= 15 is 0 Å². The van der Waals surface area contributed by atoms with E-state index in [0.29, 0.717) is 35.7 Å². The Morgan fingerprint density at radius 3 is 2.39 bits per heavy atom. The molecule has 0 aliphatic carbocycles. The summed E-state index contributed by atoms with van der Waals surface area (Å²) in [7, 11) is 0. The molecule has 3 heterocycles. The fourth-order valence-electron chi connectivity index (χ4n) is 5.13. The van der Waals surface area contributed by atoms with Crippen LogP contribution in [-0.2, 0) is 4.79 Å². The van der Waals surface area contributed by atoms with Crippen LogP contribution in [0.25, 0.3) is 0 Å². The van der Waals surface area contributed by atoms with E-state index in [1.165, 1.54) is 0 Å². The van der Waals surface area contributed by atoms with Crippen molar-refractivity contribution in [2.45, 2.75) is 33.6 Å². The van der Waals surface area contributed by atoms with Gasteiger partial charge in [-0.25, -0.2) is 0 Å². The van der Waals surface area contributed by atoms with Crippen LogP contribution in [0.3, 0.4) is 0 Å². The Kier molecular flexibility index (Phi) is 6.35. The van der Waals surface area contributed by atoms with Gasteiger partial charge in [0.15, 0.2) is 0 Å². The quantitative estimate of drug-likeness (QED) is 0.730. The van der Waals surface area contributed by atoms with Gasteiger partial charge in [-0.2, -0.15) is 0 Å². The van der Waals surface area contributed by atoms with Crippen LogP contribution < -0.4 is 4.74 Å². The number of likely N-dealkylation sites (tertiary alicyclic amines) is 2. The predicted octanol–water partition coefficient (Wildman–Crippen LogP) is 3.92. The first-order valence-corrected chi connectivity index (χ1v) is 11.2. The second kappa shape index (κ2) is 9.16. The van der Waals surface area contributed by atoms with Crippen molar-refractivity contribution in [2.75, 3.05) is 32.8 Å². The number of furan rings is 1. The van der Waals surface area contributed by atoms with E-state index in [-0.39, 0.29) is 11.8 Å². The van der Waals surface area contributed by atoms with Crippen LogP contribution in [0.15, 0.2) is 40.8 Å². The van der Waals surface area contributed by atoms with Crippen molar-refractivity contribution >= 4 is 11.8 Å². The number of carbonyl (C=O) groups excluding carboxylic acids is 2. The lowest BCUT2D eigenvalue weighted by Gasteiger charge is -2.36. The Bertz CT molecular complexity index is 915. The summed E-state index contributed by atoms with van der Waals surface area (Å²) in [4.78, 5) is 28.9. The number of amides is 2. The third-order valence-corrected chi connectivity index (χ3v) is 6.85. The Balaban J connectivity index is 1.38. The molecule has 2 aliphatic heterocycles. The van der Waals surface area contributed by atoms with E-state index in [1.54, 1.807) is 6.92 Å². The maximum atomic E-state index is 12.9. The van der Waals surface area contributed by atoms with Gasteiger partial charge < -0.3 is 19.0 Å². The van der Waals surface area contributed by atoms with Crippen LogP contribution in [0.1, 0.15) is 41.6 Å². The zero-order chi connectivity index (χ0) is 22.0. The third-order valence-electron chi connectivity index (χ3n) is 6.85.